The van der Waals surface area contributed by atoms with E-state index in [1.807, 2.05) is 38.1 Å². The van der Waals surface area contributed by atoms with Crippen molar-refractivity contribution in [3.63, 3.8) is 0 Å². The van der Waals surface area contributed by atoms with E-state index in [1.54, 1.807) is 12.4 Å². The van der Waals surface area contributed by atoms with Gasteiger partial charge in [-0.3, -0.25) is 4.98 Å². The predicted octanol–water partition coefficient (Wildman–Crippen LogP) is 4.46. The van der Waals surface area contributed by atoms with Crippen molar-refractivity contribution < 1.29 is 4.74 Å². The average Bonchev–Trinajstić information content (AvgIpc) is 2.43. The molecule has 0 saturated heterocycles. The van der Waals surface area contributed by atoms with Crippen LogP contribution in [-0.4, -0.2) is 4.98 Å². The lowest BCUT2D eigenvalue weighted by Gasteiger charge is -2.05. The first kappa shape index (κ1) is 13.2. The van der Waals surface area contributed by atoms with Crippen LogP contribution in [0.4, 0.5) is 0 Å². The topological polar surface area (TPSA) is 22.1 Å². The van der Waals surface area contributed by atoms with E-state index in [9.17, 15) is 0 Å². The lowest BCUT2D eigenvalue weighted by Crippen LogP contribution is -1.85. The molecule has 2 rings (SSSR count). The van der Waals surface area contributed by atoms with Crippen molar-refractivity contribution >= 4 is 0 Å². The zero-order chi connectivity index (χ0) is 12.5. The average molecular weight is 229 g/mol. The molecule has 90 valence electrons. The third-order valence-corrected chi connectivity index (χ3v) is 2.22. The number of hydrogen-bond acceptors (Lipinski definition) is 2. The smallest absolute Gasteiger partial charge is 0.130 e. The Labute approximate surface area is 103 Å². The summed E-state index contributed by atoms with van der Waals surface area (Å²) in [6.45, 7) is 6.14. The summed E-state index contributed by atoms with van der Waals surface area (Å²) in [5.41, 5.74) is 1.32. The molecule has 0 aliphatic rings. The Kier molecular flexibility index (Phi) is 5.80. The van der Waals surface area contributed by atoms with Crippen LogP contribution < -0.4 is 4.74 Å². The Hall–Kier alpha value is -1.83. The van der Waals surface area contributed by atoms with Crippen LogP contribution in [0, 0.1) is 0 Å². The van der Waals surface area contributed by atoms with E-state index in [2.05, 4.69) is 24.0 Å². The van der Waals surface area contributed by atoms with Crippen LogP contribution in [0.15, 0.2) is 48.8 Å². The summed E-state index contributed by atoms with van der Waals surface area (Å²) in [6, 6.07) is 11.8. The van der Waals surface area contributed by atoms with Crippen LogP contribution >= 0.6 is 0 Å². The van der Waals surface area contributed by atoms with E-state index >= 15 is 0 Å². The Bertz CT molecular complexity index is 409. The van der Waals surface area contributed by atoms with Crippen molar-refractivity contribution in [1.29, 1.82) is 0 Å². The fraction of sp³-hybridized carbons (Fsp3) is 0.267. The van der Waals surface area contributed by atoms with E-state index < -0.39 is 0 Å². The lowest BCUT2D eigenvalue weighted by atomic mass is 10.2. The maximum atomic E-state index is 5.64. The van der Waals surface area contributed by atoms with E-state index in [1.165, 1.54) is 5.56 Å². The molecule has 2 heteroatoms. The number of rotatable bonds is 3. The molecule has 0 spiro atoms. The second-order valence-corrected chi connectivity index (χ2v) is 3.28. The summed E-state index contributed by atoms with van der Waals surface area (Å²) in [7, 11) is 0. The molecule has 2 nitrogen and oxygen atoms in total. The van der Waals surface area contributed by atoms with Gasteiger partial charge in [0.25, 0.3) is 0 Å². The molecule has 0 N–H and O–H groups in total. The van der Waals surface area contributed by atoms with Crippen molar-refractivity contribution in [3.05, 3.63) is 54.4 Å². The molecular formula is C15H19NO. The van der Waals surface area contributed by atoms with E-state index in [0.29, 0.717) is 0 Å². The first-order chi connectivity index (χ1) is 8.38. The second kappa shape index (κ2) is 7.44. The van der Waals surface area contributed by atoms with Gasteiger partial charge in [0.2, 0.25) is 0 Å². The van der Waals surface area contributed by atoms with Crippen molar-refractivity contribution in [2.75, 3.05) is 0 Å². The fourth-order valence-corrected chi connectivity index (χ4v) is 1.34. The molecule has 2 aromatic rings. The van der Waals surface area contributed by atoms with Gasteiger partial charge in [-0.2, -0.15) is 0 Å². The van der Waals surface area contributed by atoms with Crippen LogP contribution in [-0.2, 0) is 6.42 Å². The van der Waals surface area contributed by atoms with Gasteiger partial charge in [-0.05, 0) is 36.2 Å². The summed E-state index contributed by atoms with van der Waals surface area (Å²) < 4.78 is 5.64. The highest BCUT2D eigenvalue weighted by Gasteiger charge is 1.95. The summed E-state index contributed by atoms with van der Waals surface area (Å²) in [6.07, 6.45) is 4.49. The molecule has 1 aromatic carbocycles. The van der Waals surface area contributed by atoms with Crippen LogP contribution in [0.25, 0.3) is 0 Å². The van der Waals surface area contributed by atoms with Gasteiger partial charge >= 0.3 is 0 Å². The molecule has 0 aliphatic carbocycles. The number of nitrogens with zero attached hydrogens (tertiary/aromatic N) is 1. The zero-order valence-electron chi connectivity index (χ0n) is 10.7. The number of ether oxygens (including phenoxy) is 1. The zero-order valence-corrected chi connectivity index (χ0v) is 10.7. The Morgan fingerprint density at radius 2 is 1.41 bits per heavy atom. The van der Waals surface area contributed by atoms with Crippen LogP contribution in [0.3, 0.4) is 0 Å². The molecule has 1 aromatic heterocycles. The van der Waals surface area contributed by atoms with Crippen LogP contribution in [0.1, 0.15) is 26.3 Å². The Balaban J connectivity index is 0.000000686. The number of hydrogen-bond donors (Lipinski definition) is 0. The normalized spacial score (nSPS) is 9.12. The Morgan fingerprint density at radius 3 is 1.94 bits per heavy atom. The number of aryl methyl sites for hydroxylation is 1. The minimum absolute atomic E-state index is 0.814. The van der Waals surface area contributed by atoms with E-state index in [0.717, 1.165) is 17.9 Å². The maximum absolute atomic E-state index is 5.64. The monoisotopic (exact) mass is 229 g/mol. The SMILES string of the molecule is CC.CCc1ccc(Oc2ccncc2)cc1. The summed E-state index contributed by atoms with van der Waals surface area (Å²) in [4.78, 5) is 3.93. The summed E-state index contributed by atoms with van der Waals surface area (Å²) in [5, 5.41) is 0. The minimum Gasteiger partial charge on any atom is -0.457 e. The highest BCUT2D eigenvalue weighted by molar-refractivity contribution is 5.31. The van der Waals surface area contributed by atoms with Gasteiger partial charge in [0, 0.05) is 12.4 Å². The van der Waals surface area contributed by atoms with Crippen molar-refractivity contribution in [1.82, 2.24) is 4.98 Å². The molecule has 0 unspecified atom stereocenters. The van der Waals surface area contributed by atoms with E-state index in [4.69, 9.17) is 4.74 Å². The number of benzene rings is 1. The molecule has 17 heavy (non-hydrogen) atoms. The fourth-order valence-electron chi connectivity index (χ4n) is 1.34. The molecule has 0 radical (unpaired) electrons. The van der Waals surface area contributed by atoms with Crippen molar-refractivity contribution in [2.24, 2.45) is 0 Å². The molecule has 0 saturated carbocycles. The molecule has 0 amide bonds. The standard InChI is InChI=1S/C13H13NO.C2H6/c1-2-11-3-5-12(6-4-11)15-13-7-9-14-10-8-13;1-2/h3-10H,2H2,1H3;1-2H3. The van der Waals surface area contributed by atoms with Crippen molar-refractivity contribution in [3.8, 4) is 11.5 Å². The highest BCUT2D eigenvalue weighted by atomic mass is 16.5. The minimum atomic E-state index is 0.814. The largest absolute Gasteiger partial charge is 0.457 e. The highest BCUT2D eigenvalue weighted by Crippen LogP contribution is 2.20. The molecule has 0 bridgehead atoms. The number of pyridine rings is 1. The van der Waals surface area contributed by atoms with Gasteiger partial charge in [0.05, 0.1) is 0 Å². The maximum Gasteiger partial charge on any atom is 0.130 e. The van der Waals surface area contributed by atoms with Gasteiger partial charge in [-0.1, -0.05) is 32.9 Å². The van der Waals surface area contributed by atoms with Crippen LogP contribution in [0.5, 0.6) is 11.5 Å². The first-order valence-corrected chi connectivity index (χ1v) is 6.05. The summed E-state index contributed by atoms with van der Waals surface area (Å²) in [5.74, 6) is 1.67. The molecular weight excluding hydrogens is 210 g/mol. The predicted molar refractivity (Wildman–Crippen MR) is 71.5 cm³/mol. The third-order valence-electron chi connectivity index (χ3n) is 2.22. The van der Waals surface area contributed by atoms with Gasteiger partial charge in [-0.15, -0.1) is 0 Å². The van der Waals surface area contributed by atoms with E-state index in [-0.39, 0.29) is 0 Å². The first-order valence-electron chi connectivity index (χ1n) is 6.05. The van der Waals surface area contributed by atoms with Gasteiger partial charge in [0.1, 0.15) is 11.5 Å². The molecule has 1 heterocycles. The number of aromatic nitrogens is 1. The third kappa shape index (κ3) is 4.27. The van der Waals surface area contributed by atoms with Crippen molar-refractivity contribution in [2.45, 2.75) is 27.2 Å². The molecule has 0 fully saturated rings. The lowest BCUT2D eigenvalue weighted by molar-refractivity contribution is 0.482. The quantitative estimate of drug-likeness (QED) is 0.775. The molecule has 0 aliphatic heterocycles. The van der Waals surface area contributed by atoms with Gasteiger partial charge in [0.15, 0.2) is 0 Å². The van der Waals surface area contributed by atoms with Crippen LogP contribution in [0.2, 0.25) is 0 Å². The second-order valence-electron chi connectivity index (χ2n) is 3.28. The Morgan fingerprint density at radius 1 is 0.882 bits per heavy atom. The van der Waals surface area contributed by atoms with Gasteiger partial charge in [-0.25, -0.2) is 0 Å². The summed E-state index contributed by atoms with van der Waals surface area (Å²) >= 11 is 0. The molecule has 0 atom stereocenters. The van der Waals surface area contributed by atoms with Gasteiger partial charge < -0.3 is 4.74 Å².